The van der Waals surface area contributed by atoms with Crippen LogP contribution in [0.2, 0.25) is 0 Å². The smallest absolute Gasteiger partial charge is 0.409 e. The van der Waals surface area contributed by atoms with Crippen LogP contribution in [0, 0.1) is 35.5 Å². The lowest BCUT2D eigenvalue weighted by Crippen LogP contribution is -2.41. The molecule has 0 bridgehead atoms. The van der Waals surface area contributed by atoms with E-state index in [9.17, 15) is 26.2 Å². The second-order valence-corrected chi connectivity index (χ2v) is 22.0. The number of fused-ring (bicyclic) bond motifs is 1. The Morgan fingerprint density at radius 3 is 2.04 bits per heavy atom. The zero-order chi connectivity index (χ0) is 39.7. The van der Waals surface area contributed by atoms with Gasteiger partial charge in [-0.1, -0.05) is 105 Å². The molecule has 302 valence electrons. The average molecular weight is 815 g/mol. The van der Waals surface area contributed by atoms with Gasteiger partial charge in [-0.25, -0.2) is 21.6 Å². The van der Waals surface area contributed by atoms with Gasteiger partial charge in [-0.2, -0.15) is 4.72 Å². The molecule has 10 atom stereocenters. The third-order valence-corrected chi connectivity index (χ3v) is 19.8. The number of amides is 1. The number of sulfone groups is 1. The fourth-order valence-corrected chi connectivity index (χ4v) is 16.0. The maximum absolute atomic E-state index is 14.3. The molecule has 1 N–H and O–H groups in total. The van der Waals surface area contributed by atoms with Crippen molar-refractivity contribution < 1.29 is 30.9 Å². The van der Waals surface area contributed by atoms with Crippen molar-refractivity contribution in [3.8, 4) is 0 Å². The highest BCUT2D eigenvalue weighted by atomic mass is 32.3. The molecular weight excluding hydrogens is 749 g/mol. The van der Waals surface area contributed by atoms with E-state index in [4.69, 9.17) is 4.74 Å². The largest absolute Gasteiger partial charge is 0.610 e. The molecule has 1 aliphatic rings. The van der Waals surface area contributed by atoms with E-state index < -0.39 is 53.8 Å². The third kappa shape index (κ3) is 10.4. The molecule has 3 rings (SSSR count). The average Bonchev–Trinajstić information content (AvgIpc) is 3.63. The van der Waals surface area contributed by atoms with E-state index in [0.717, 1.165) is 38.5 Å². The first-order valence-corrected chi connectivity index (χ1v) is 24.9. The SMILES string of the molecule is CCC(C)C(CC)C(CC)C(CC)C(CC)C(CC)CCC(NS(=O)(=O)c1cc2c(s1)S(=O)(=O)[C@@H](C)C[C@@H]2N(CC)C(=O)OC)[S+]([O-])c1ccccc1. The minimum Gasteiger partial charge on any atom is -0.610 e. The molecule has 0 fully saturated rings. The molecule has 0 spiro atoms. The summed E-state index contributed by atoms with van der Waals surface area (Å²) in [7, 11) is -6.90. The van der Waals surface area contributed by atoms with Crippen molar-refractivity contribution in [2.75, 3.05) is 13.7 Å². The molecule has 1 aromatic carbocycles. The highest BCUT2D eigenvalue weighted by Crippen LogP contribution is 2.46. The van der Waals surface area contributed by atoms with Gasteiger partial charge in [0.1, 0.15) is 8.42 Å². The Morgan fingerprint density at radius 1 is 0.943 bits per heavy atom. The monoisotopic (exact) mass is 814 g/mol. The standard InChI is InChI=1S/C40H66N2O7S4/c1-11-27(8)31(13-3)33(15-5)34(16-6)32(14-4)29(12-2)23-24-37(51(44)30-21-19-18-20-22-30)41-53(47,48)38-26-35-36(42(17-7)40(43)49-10)25-28(9)52(45,46)39(35)50-38/h18-22,26-29,31-34,36-37,41H,11-17,23-25H2,1-10H3/t27?,28-,29?,31?,32?,33?,34?,36-,37?,51?/m0/s1. The molecule has 0 aliphatic carbocycles. The Morgan fingerprint density at radius 2 is 1.53 bits per heavy atom. The number of nitrogens with one attached hydrogen (secondary N) is 1. The van der Waals surface area contributed by atoms with Crippen molar-refractivity contribution >= 4 is 48.5 Å². The highest BCUT2D eigenvalue weighted by Gasteiger charge is 2.44. The molecule has 0 saturated heterocycles. The maximum atomic E-state index is 14.3. The quantitative estimate of drug-likeness (QED) is 0.124. The van der Waals surface area contributed by atoms with Crippen molar-refractivity contribution in [1.29, 1.82) is 0 Å². The fourth-order valence-electron chi connectivity index (χ4n) is 9.10. The molecule has 0 saturated carbocycles. The summed E-state index contributed by atoms with van der Waals surface area (Å²) >= 11 is -1.03. The van der Waals surface area contributed by atoms with E-state index in [1.54, 1.807) is 38.1 Å². The van der Waals surface area contributed by atoms with Crippen molar-refractivity contribution in [2.24, 2.45) is 35.5 Å². The van der Waals surface area contributed by atoms with E-state index >= 15 is 0 Å². The molecule has 1 amide bonds. The van der Waals surface area contributed by atoms with Gasteiger partial charge in [-0.05, 0) is 80.4 Å². The molecule has 2 aromatic rings. The van der Waals surface area contributed by atoms with Crippen LogP contribution in [0.4, 0.5) is 4.79 Å². The molecule has 1 aliphatic heterocycles. The van der Waals surface area contributed by atoms with Crippen LogP contribution in [0.5, 0.6) is 0 Å². The van der Waals surface area contributed by atoms with Crippen LogP contribution < -0.4 is 4.72 Å². The van der Waals surface area contributed by atoms with E-state index in [-0.39, 0.29) is 26.9 Å². The van der Waals surface area contributed by atoms with Crippen LogP contribution in [-0.4, -0.2) is 56.7 Å². The Balaban J connectivity index is 2.02. The zero-order valence-electron chi connectivity index (χ0n) is 33.7. The maximum Gasteiger partial charge on any atom is 0.409 e. The zero-order valence-corrected chi connectivity index (χ0v) is 36.9. The second kappa shape index (κ2) is 20.5. The van der Waals surface area contributed by atoms with Crippen LogP contribution in [0.3, 0.4) is 0 Å². The number of hydrogen-bond donors (Lipinski definition) is 1. The van der Waals surface area contributed by atoms with Gasteiger partial charge in [-0.15, -0.1) is 11.3 Å². The third-order valence-electron chi connectivity index (χ3n) is 12.2. The normalized spacial score (nSPS) is 21.7. The van der Waals surface area contributed by atoms with Crippen LogP contribution >= 0.6 is 11.3 Å². The number of rotatable bonds is 21. The van der Waals surface area contributed by atoms with Gasteiger partial charge in [0.05, 0.1) is 18.4 Å². The lowest BCUT2D eigenvalue weighted by molar-refractivity contribution is 0.0717. The number of carbonyl (C=O) groups excluding carboxylic acids is 1. The Kier molecular flexibility index (Phi) is 17.7. The van der Waals surface area contributed by atoms with Crippen molar-refractivity contribution in [3.05, 3.63) is 42.0 Å². The number of thiophene rings is 1. The summed E-state index contributed by atoms with van der Waals surface area (Å²) in [5, 5.41) is -1.76. The van der Waals surface area contributed by atoms with E-state index in [2.05, 4.69) is 53.2 Å². The predicted molar refractivity (Wildman–Crippen MR) is 218 cm³/mol. The molecule has 9 nitrogen and oxygen atoms in total. The number of carbonyl (C=O) groups is 1. The van der Waals surface area contributed by atoms with Crippen molar-refractivity contribution in [2.45, 2.75) is 150 Å². The van der Waals surface area contributed by atoms with E-state index in [1.807, 2.05) is 6.07 Å². The van der Waals surface area contributed by atoms with Crippen LogP contribution in [0.1, 0.15) is 132 Å². The van der Waals surface area contributed by atoms with Gasteiger partial charge < -0.3 is 14.2 Å². The summed E-state index contributed by atoms with van der Waals surface area (Å²) in [5.41, 5.74) is 0.275. The van der Waals surface area contributed by atoms with Gasteiger partial charge in [0, 0.05) is 29.7 Å². The number of sulfonamides is 1. The summed E-state index contributed by atoms with van der Waals surface area (Å²) in [6.07, 6.45) is 7.06. The van der Waals surface area contributed by atoms with Gasteiger partial charge in [0.25, 0.3) is 10.0 Å². The number of hydrogen-bond acceptors (Lipinski definition) is 8. The Labute approximate surface area is 328 Å². The van der Waals surface area contributed by atoms with E-state index in [0.29, 0.717) is 64.6 Å². The molecule has 8 unspecified atom stereocenters. The summed E-state index contributed by atoms with van der Waals surface area (Å²) in [6, 6.07) is 9.62. The highest BCUT2D eigenvalue weighted by molar-refractivity contribution is 7.96. The predicted octanol–water partition coefficient (Wildman–Crippen LogP) is 9.81. The van der Waals surface area contributed by atoms with E-state index in [1.165, 1.54) is 18.1 Å². The van der Waals surface area contributed by atoms with Crippen LogP contribution in [-0.2, 0) is 35.8 Å². The number of nitrogens with zero attached hydrogens (tertiary/aromatic N) is 1. The first-order chi connectivity index (χ1) is 25.1. The van der Waals surface area contributed by atoms with Gasteiger partial charge >= 0.3 is 6.09 Å². The van der Waals surface area contributed by atoms with Crippen LogP contribution in [0.15, 0.2) is 49.7 Å². The molecular formula is C40H66N2O7S4. The summed E-state index contributed by atoms with van der Waals surface area (Å²) in [5.74, 6) is 3.18. The molecule has 2 heterocycles. The van der Waals surface area contributed by atoms with Gasteiger partial charge in [0.2, 0.25) is 0 Å². The molecule has 53 heavy (non-hydrogen) atoms. The Bertz CT molecular complexity index is 1650. The first-order valence-electron chi connectivity index (χ1n) is 19.8. The minimum absolute atomic E-state index is 0.0552. The number of methoxy groups -OCH3 is 1. The molecule has 13 heteroatoms. The molecule has 1 aromatic heterocycles. The Hall–Kier alpha value is -1.64. The van der Waals surface area contributed by atoms with Gasteiger partial charge in [-0.3, -0.25) is 0 Å². The summed E-state index contributed by atoms with van der Waals surface area (Å²) < 4.78 is 77.4. The van der Waals surface area contributed by atoms with Crippen molar-refractivity contribution in [1.82, 2.24) is 9.62 Å². The lowest BCUT2D eigenvalue weighted by atomic mass is 9.63. The van der Waals surface area contributed by atoms with Crippen LogP contribution in [0.25, 0.3) is 0 Å². The minimum atomic E-state index is -4.33. The molecule has 0 radical (unpaired) electrons. The van der Waals surface area contributed by atoms with Gasteiger partial charge in [0.15, 0.2) is 20.1 Å². The summed E-state index contributed by atoms with van der Waals surface area (Å²) in [6.45, 7) is 19.7. The summed E-state index contributed by atoms with van der Waals surface area (Å²) in [4.78, 5) is 14.7. The first kappa shape index (κ1) is 45.7. The van der Waals surface area contributed by atoms with Crippen molar-refractivity contribution in [3.63, 3.8) is 0 Å². The number of ether oxygens (including phenoxy) is 1. The lowest BCUT2D eigenvalue weighted by Gasteiger charge is -2.42. The topological polar surface area (TPSA) is 133 Å². The number of benzene rings is 1. The second-order valence-electron chi connectivity index (χ2n) is 14.8. The fraction of sp³-hybridized carbons (Fsp3) is 0.725.